The summed E-state index contributed by atoms with van der Waals surface area (Å²) in [5.74, 6) is 0.00549. The molecule has 3 nitrogen and oxygen atoms in total. The van der Waals surface area contributed by atoms with Gasteiger partial charge in [-0.1, -0.05) is 40.2 Å². The first-order valence-corrected chi connectivity index (χ1v) is 6.90. The van der Waals surface area contributed by atoms with Crippen LogP contribution in [0.25, 0.3) is 0 Å². The smallest absolute Gasteiger partial charge is 0.343 e. The maximum atomic E-state index is 12.1. The second-order valence-corrected chi connectivity index (χ2v) is 5.30. The maximum Gasteiger partial charge on any atom is 0.343 e. The number of halogens is 1. The van der Waals surface area contributed by atoms with E-state index in [0.29, 0.717) is 16.9 Å². The number of Topliss-reactive ketones (excluding diaryl/α,β-unsaturated/α-hetero) is 1. The average molecular weight is 333 g/mol. The summed E-state index contributed by atoms with van der Waals surface area (Å²) in [4.78, 5) is 23.3. The van der Waals surface area contributed by atoms with Crippen LogP contribution in [0, 0.1) is 0 Å². The molecule has 0 radical (unpaired) electrons. The Hall–Kier alpha value is -1.94. The lowest BCUT2D eigenvalue weighted by Gasteiger charge is -2.09. The average Bonchev–Trinajstić information content (AvgIpc) is 2.40. The van der Waals surface area contributed by atoms with Crippen molar-refractivity contribution < 1.29 is 14.3 Å². The van der Waals surface area contributed by atoms with Crippen LogP contribution in [0.15, 0.2) is 53.0 Å². The van der Waals surface area contributed by atoms with Gasteiger partial charge in [-0.2, -0.15) is 0 Å². The van der Waals surface area contributed by atoms with Crippen LogP contribution in [0.5, 0.6) is 5.75 Å². The number of para-hydroxylation sites is 1. The molecule has 0 atom stereocenters. The lowest BCUT2D eigenvalue weighted by atomic mass is 10.1. The van der Waals surface area contributed by atoms with Crippen molar-refractivity contribution in [2.45, 2.75) is 13.3 Å². The van der Waals surface area contributed by atoms with Crippen molar-refractivity contribution in [1.29, 1.82) is 0 Å². The Bertz CT molecular complexity index is 650. The van der Waals surface area contributed by atoms with E-state index in [1.165, 1.54) is 6.92 Å². The molecule has 0 aromatic heterocycles. The molecule has 2 rings (SSSR count). The van der Waals surface area contributed by atoms with Crippen molar-refractivity contribution in [1.82, 2.24) is 0 Å². The molecule has 0 bridgehead atoms. The summed E-state index contributed by atoms with van der Waals surface area (Å²) in [7, 11) is 0. The van der Waals surface area contributed by atoms with Gasteiger partial charge in [0, 0.05) is 16.5 Å². The molecule has 0 saturated carbocycles. The molecule has 20 heavy (non-hydrogen) atoms. The molecule has 102 valence electrons. The summed E-state index contributed by atoms with van der Waals surface area (Å²) in [6.45, 7) is 1.51. The van der Waals surface area contributed by atoms with Crippen molar-refractivity contribution in [2.75, 3.05) is 0 Å². The van der Waals surface area contributed by atoms with Crippen LogP contribution in [0.1, 0.15) is 22.8 Å². The maximum absolute atomic E-state index is 12.1. The SMILES string of the molecule is CC(=O)Cc1ccccc1OC(=O)c1cccc(Br)c1. The number of carbonyl (C=O) groups excluding carboxylic acids is 2. The molecule has 2 aromatic carbocycles. The summed E-state index contributed by atoms with van der Waals surface area (Å²) >= 11 is 3.31. The quantitative estimate of drug-likeness (QED) is 0.631. The van der Waals surface area contributed by atoms with Gasteiger partial charge in [-0.05, 0) is 31.2 Å². The molecule has 0 heterocycles. The first kappa shape index (κ1) is 14.5. The number of rotatable bonds is 4. The van der Waals surface area contributed by atoms with Crippen LogP contribution >= 0.6 is 15.9 Å². The van der Waals surface area contributed by atoms with E-state index in [1.807, 2.05) is 12.1 Å². The predicted molar refractivity (Wildman–Crippen MR) is 79.9 cm³/mol. The molecule has 0 aliphatic heterocycles. The van der Waals surface area contributed by atoms with Crippen molar-refractivity contribution in [3.05, 3.63) is 64.1 Å². The van der Waals surface area contributed by atoms with E-state index >= 15 is 0 Å². The van der Waals surface area contributed by atoms with E-state index < -0.39 is 5.97 Å². The second-order valence-electron chi connectivity index (χ2n) is 4.39. The Morgan fingerprint density at radius 1 is 1.10 bits per heavy atom. The van der Waals surface area contributed by atoms with Crippen LogP contribution in [-0.2, 0) is 11.2 Å². The van der Waals surface area contributed by atoms with Crippen molar-refractivity contribution >= 4 is 27.7 Å². The van der Waals surface area contributed by atoms with Gasteiger partial charge in [0.25, 0.3) is 0 Å². The van der Waals surface area contributed by atoms with Gasteiger partial charge in [-0.3, -0.25) is 4.79 Å². The molecule has 0 spiro atoms. The summed E-state index contributed by atoms with van der Waals surface area (Å²) in [6, 6.07) is 14.0. The zero-order valence-corrected chi connectivity index (χ0v) is 12.5. The summed E-state index contributed by atoms with van der Waals surface area (Å²) < 4.78 is 6.18. The third kappa shape index (κ3) is 3.78. The molecule has 0 unspecified atom stereocenters. The number of ketones is 1. The van der Waals surface area contributed by atoms with Gasteiger partial charge in [0.1, 0.15) is 11.5 Å². The second kappa shape index (κ2) is 6.48. The third-order valence-corrected chi connectivity index (χ3v) is 3.17. The van der Waals surface area contributed by atoms with Gasteiger partial charge in [0.05, 0.1) is 5.56 Å². The standard InChI is InChI=1S/C16H13BrO3/c1-11(18)9-12-5-2-3-8-15(12)20-16(19)13-6-4-7-14(17)10-13/h2-8,10H,9H2,1H3. The molecule has 0 aliphatic carbocycles. The van der Waals surface area contributed by atoms with Crippen LogP contribution in [0.2, 0.25) is 0 Å². The van der Waals surface area contributed by atoms with Crippen LogP contribution in [0.3, 0.4) is 0 Å². The molecule has 0 saturated heterocycles. The van der Waals surface area contributed by atoms with Crippen molar-refractivity contribution in [3.63, 3.8) is 0 Å². The Morgan fingerprint density at radius 2 is 1.85 bits per heavy atom. The van der Waals surface area contributed by atoms with E-state index in [4.69, 9.17) is 4.74 Å². The minimum absolute atomic E-state index is 0.0240. The minimum Gasteiger partial charge on any atom is -0.423 e. The number of ether oxygens (including phenoxy) is 1. The van der Waals surface area contributed by atoms with Gasteiger partial charge in [-0.15, -0.1) is 0 Å². The van der Waals surface area contributed by atoms with Gasteiger partial charge >= 0.3 is 5.97 Å². The Labute approximate surface area is 125 Å². The minimum atomic E-state index is -0.442. The number of hydrogen-bond donors (Lipinski definition) is 0. The zero-order valence-electron chi connectivity index (χ0n) is 10.9. The molecular weight excluding hydrogens is 320 g/mol. The van der Waals surface area contributed by atoms with Crippen LogP contribution in [-0.4, -0.2) is 11.8 Å². The first-order chi connectivity index (χ1) is 9.56. The molecule has 0 fully saturated rings. The number of hydrogen-bond acceptors (Lipinski definition) is 3. The monoisotopic (exact) mass is 332 g/mol. The Morgan fingerprint density at radius 3 is 2.55 bits per heavy atom. The van der Waals surface area contributed by atoms with Gasteiger partial charge in [0.15, 0.2) is 0 Å². The van der Waals surface area contributed by atoms with Gasteiger partial charge in [0.2, 0.25) is 0 Å². The number of benzene rings is 2. The van der Waals surface area contributed by atoms with Crippen molar-refractivity contribution in [2.24, 2.45) is 0 Å². The fourth-order valence-corrected chi connectivity index (χ4v) is 2.19. The highest BCUT2D eigenvalue weighted by Crippen LogP contribution is 2.21. The van der Waals surface area contributed by atoms with Crippen LogP contribution in [0.4, 0.5) is 0 Å². The number of carbonyl (C=O) groups is 2. The van der Waals surface area contributed by atoms with E-state index in [2.05, 4.69) is 15.9 Å². The molecule has 0 N–H and O–H groups in total. The van der Waals surface area contributed by atoms with Crippen molar-refractivity contribution in [3.8, 4) is 5.75 Å². The number of esters is 1. The highest BCUT2D eigenvalue weighted by atomic mass is 79.9. The fourth-order valence-electron chi connectivity index (χ4n) is 1.79. The lowest BCUT2D eigenvalue weighted by Crippen LogP contribution is -2.10. The van der Waals surface area contributed by atoms with Gasteiger partial charge in [-0.25, -0.2) is 4.79 Å². The largest absolute Gasteiger partial charge is 0.423 e. The Balaban J connectivity index is 2.21. The zero-order chi connectivity index (χ0) is 14.5. The topological polar surface area (TPSA) is 43.4 Å². The highest BCUT2D eigenvalue weighted by Gasteiger charge is 2.12. The lowest BCUT2D eigenvalue weighted by molar-refractivity contribution is -0.116. The van der Waals surface area contributed by atoms with Gasteiger partial charge < -0.3 is 4.74 Å². The van der Waals surface area contributed by atoms with E-state index in [9.17, 15) is 9.59 Å². The molecule has 4 heteroatoms. The molecular formula is C16H13BrO3. The molecule has 2 aromatic rings. The summed E-state index contributed by atoms with van der Waals surface area (Å²) in [5, 5.41) is 0. The summed E-state index contributed by atoms with van der Waals surface area (Å²) in [5.41, 5.74) is 1.17. The summed E-state index contributed by atoms with van der Waals surface area (Å²) in [6.07, 6.45) is 0.252. The predicted octanol–water partition coefficient (Wildman–Crippen LogP) is 3.80. The normalized spacial score (nSPS) is 10.1. The van der Waals surface area contributed by atoms with Crippen LogP contribution < -0.4 is 4.74 Å². The highest BCUT2D eigenvalue weighted by molar-refractivity contribution is 9.10. The van der Waals surface area contributed by atoms with E-state index in [1.54, 1.807) is 36.4 Å². The third-order valence-electron chi connectivity index (χ3n) is 2.67. The van der Waals surface area contributed by atoms with E-state index in [-0.39, 0.29) is 12.2 Å². The van der Waals surface area contributed by atoms with E-state index in [0.717, 1.165) is 4.47 Å². The fraction of sp³-hybridized carbons (Fsp3) is 0.125. The molecule has 0 aliphatic rings. The first-order valence-electron chi connectivity index (χ1n) is 6.11. The molecule has 0 amide bonds. The Kier molecular flexibility index (Phi) is 4.69.